The van der Waals surface area contributed by atoms with E-state index in [1.54, 1.807) is 21.9 Å². The van der Waals surface area contributed by atoms with Crippen molar-refractivity contribution in [3.05, 3.63) is 35.9 Å². The number of hydrogen-bond donors (Lipinski definition) is 1. The zero-order valence-electron chi connectivity index (χ0n) is 16.1. The molecule has 0 aliphatic carbocycles. The van der Waals surface area contributed by atoms with Crippen LogP contribution < -0.4 is 5.32 Å². The molecule has 1 aromatic carbocycles. The van der Waals surface area contributed by atoms with Gasteiger partial charge in [0.1, 0.15) is 0 Å². The number of benzene rings is 1. The van der Waals surface area contributed by atoms with Gasteiger partial charge in [0.05, 0.1) is 6.61 Å². The van der Waals surface area contributed by atoms with Gasteiger partial charge in [0.2, 0.25) is 5.91 Å². The van der Waals surface area contributed by atoms with Gasteiger partial charge in [-0.3, -0.25) is 9.59 Å². The first kappa shape index (κ1) is 20.7. The van der Waals surface area contributed by atoms with Crippen molar-refractivity contribution in [2.45, 2.75) is 26.7 Å². The summed E-state index contributed by atoms with van der Waals surface area (Å²) in [6.45, 7) is 6.88. The van der Waals surface area contributed by atoms with E-state index in [4.69, 9.17) is 4.74 Å². The fraction of sp³-hybridized carbons (Fsp3) is 0.550. The number of carbonyl (C=O) groups excluding carboxylic acids is 3. The molecule has 1 fully saturated rings. The summed E-state index contributed by atoms with van der Waals surface area (Å²) >= 11 is 0. The predicted octanol–water partition coefficient (Wildman–Crippen LogP) is 2.13. The van der Waals surface area contributed by atoms with Gasteiger partial charge >= 0.3 is 6.09 Å². The molecule has 0 saturated carbocycles. The summed E-state index contributed by atoms with van der Waals surface area (Å²) in [5, 5.41) is 2.82. The normalized spacial score (nSPS) is 14.2. The van der Waals surface area contributed by atoms with Gasteiger partial charge in [-0.05, 0) is 24.5 Å². The molecule has 1 aliphatic rings. The highest BCUT2D eigenvalue weighted by molar-refractivity contribution is 5.94. The van der Waals surface area contributed by atoms with Crippen LogP contribution in [0.15, 0.2) is 30.3 Å². The fourth-order valence-electron chi connectivity index (χ4n) is 2.76. The van der Waals surface area contributed by atoms with Crippen LogP contribution in [0.25, 0.3) is 0 Å². The number of rotatable bonds is 7. The molecule has 1 N–H and O–H groups in total. The highest BCUT2D eigenvalue weighted by Gasteiger charge is 2.24. The van der Waals surface area contributed by atoms with Crippen LogP contribution in [-0.4, -0.2) is 67.0 Å². The van der Waals surface area contributed by atoms with E-state index in [0.717, 1.165) is 0 Å². The van der Waals surface area contributed by atoms with Crippen LogP contribution in [0.2, 0.25) is 0 Å². The smallest absolute Gasteiger partial charge is 0.409 e. The van der Waals surface area contributed by atoms with E-state index in [1.165, 1.54) is 0 Å². The van der Waals surface area contributed by atoms with Crippen molar-refractivity contribution in [1.29, 1.82) is 0 Å². The molecule has 3 amide bonds. The Bertz CT molecular complexity index is 625. The fourth-order valence-corrected chi connectivity index (χ4v) is 2.76. The monoisotopic (exact) mass is 375 g/mol. The summed E-state index contributed by atoms with van der Waals surface area (Å²) in [7, 11) is 0. The zero-order chi connectivity index (χ0) is 19.6. The molecule has 0 unspecified atom stereocenters. The average molecular weight is 375 g/mol. The van der Waals surface area contributed by atoms with Crippen LogP contribution in [-0.2, 0) is 9.53 Å². The first-order valence-electron chi connectivity index (χ1n) is 9.50. The third kappa shape index (κ3) is 6.92. The van der Waals surface area contributed by atoms with Gasteiger partial charge in [-0.25, -0.2) is 4.79 Å². The van der Waals surface area contributed by atoms with Crippen LogP contribution >= 0.6 is 0 Å². The van der Waals surface area contributed by atoms with E-state index >= 15 is 0 Å². The van der Waals surface area contributed by atoms with Crippen LogP contribution in [0, 0.1) is 5.92 Å². The average Bonchev–Trinajstić information content (AvgIpc) is 2.69. The second-order valence-electron chi connectivity index (χ2n) is 7.06. The Morgan fingerprint density at radius 1 is 1.04 bits per heavy atom. The van der Waals surface area contributed by atoms with E-state index < -0.39 is 0 Å². The lowest BCUT2D eigenvalue weighted by Crippen LogP contribution is -2.50. The number of nitrogens with zero attached hydrogens (tertiary/aromatic N) is 2. The standard InChI is InChI=1S/C20H29N3O4/c1-16(2)15-27-20(26)23-13-11-22(12-14-23)18(24)9-6-10-21-19(25)17-7-4-3-5-8-17/h3-5,7-8,16H,6,9-15H2,1-2H3,(H,21,25). The zero-order valence-corrected chi connectivity index (χ0v) is 16.1. The van der Waals surface area contributed by atoms with Crippen molar-refractivity contribution in [1.82, 2.24) is 15.1 Å². The van der Waals surface area contributed by atoms with Crippen LogP contribution in [0.5, 0.6) is 0 Å². The third-order valence-corrected chi connectivity index (χ3v) is 4.32. The summed E-state index contributed by atoms with van der Waals surface area (Å²) in [5.74, 6) is 0.231. The molecular formula is C20H29N3O4. The summed E-state index contributed by atoms with van der Waals surface area (Å²) in [4.78, 5) is 39.6. The second kappa shape index (κ2) is 10.5. The van der Waals surface area contributed by atoms with Crippen molar-refractivity contribution in [2.75, 3.05) is 39.3 Å². The minimum Gasteiger partial charge on any atom is -0.449 e. The molecule has 1 heterocycles. The van der Waals surface area contributed by atoms with Crippen LogP contribution in [0.4, 0.5) is 4.79 Å². The summed E-state index contributed by atoms with van der Waals surface area (Å²) < 4.78 is 5.22. The lowest BCUT2D eigenvalue weighted by atomic mass is 10.2. The molecule has 0 spiro atoms. The van der Waals surface area contributed by atoms with Crippen molar-refractivity contribution in [2.24, 2.45) is 5.92 Å². The number of piperazine rings is 1. The summed E-state index contributed by atoms with van der Waals surface area (Å²) in [6, 6.07) is 9.00. The number of amides is 3. The number of ether oxygens (including phenoxy) is 1. The molecular weight excluding hydrogens is 346 g/mol. The first-order chi connectivity index (χ1) is 13.0. The maximum Gasteiger partial charge on any atom is 0.409 e. The van der Waals surface area contributed by atoms with Crippen molar-refractivity contribution < 1.29 is 19.1 Å². The van der Waals surface area contributed by atoms with Gasteiger partial charge in [0, 0.05) is 44.7 Å². The summed E-state index contributed by atoms with van der Waals surface area (Å²) in [5.41, 5.74) is 0.615. The quantitative estimate of drug-likeness (QED) is 0.741. The van der Waals surface area contributed by atoms with E-state index in [2.05, 4.69) is 5.32 Å². The Morgan fingerprint density at radius 3 is 2.30 bits per heavy atom. The molecule has 1 aliphatic heterocycles. The minimum absolute atomic E-state index is 0.0548. The van der Waals surface area contributed by atoms with Gasteiger partial charge in [-0.15, -0.1) is 0 Å². The van der Waals surface area contributed by atoms with Gasteiger partial charge < -0.3 is 19.9 Å². The number of nitrogens with one attached hydrogen (secondary N) is 1. The van der Waals surface area contributed by atoms with E-state index in [-0.39, 0.29) is 17.9 Å². The Morgan fingerprint density at radius 2 is 1.67 bits per heavy atom. The Kier molecular flexibility index (Phi) is 8.10. The molecule has 7 heteroatoms. The number of carbonyl (C=O) groups is 3. The predicted molar refractivity (Wildman–Crippen MR) is 102 cm³/mol. The lowest BCUT2D eigenvalue weighted by molar-refractivity contribution is -0.132. The Balaban J connectivity index is 1.62. The Hall–Kier alpha value is -2.57. The van der Waals surface area contributed by atoms with E-state index in [0.29, 0.717) is 63.7 Å². The maximum absolute atomic E-state index is 12.3. The van der Waals surface area contributed by atoms with Gasteiger partial charge in [0.25, 0.3) is 5.91 Å². The Labute approximate surface area is 160 Å². The number of hydrogen-bond acceptors (Lipinski definition) is 4. The van der Waals surface area contributed by atoms with Crippen molar-refractivity contribution in [3.8, 4) is 0 Å². The van der Waals surface area contributed by atoms with E-state index in [1.807, 2.05) is 32.0 Å². The molecule has 1 saturated heterocycles. The SMILES string of the molecule is CC(C)COC(=O)N1CCN(C(=O)CCCNC(=O)c2ccccc2)CC1. The van der Waals surface area contributed by atoms with Crippen molar-refractivity contribution in [3.63, 3.8) is 0 Å². The highest BCUT2D eigenvalue weighted by Crippen LogP contribution is 2.07. The molecule has 0 aromatic heterocycles. The van der Waals surface area contributed by atoms with Crippen molar-refractivity contribution >= 4 is 17.9 Å². The van der Waals surface area contributed by atoms with E-state index in [9.17, 15) is 14.4 Å². The van der Waals surface area contributed by atoms with Crippen LogP contribution in [0.1, 0.15) is 37.0 Å². The second-order valence-corrected chi connectivity index (χ2v) is 7.06. The molecule has 148 valence electrons. The molecule has 7 nitrogen and oxygen atoms in total. The molecule has 0 atom stereocenters. The molecule has 2 rings (SSSR count). The molecule has 1 aromatic rings. The molecule has 0 radical (unpaired) electrons. The van der Waals surface area contributed by atoms with Gasteiger partial charge in [-0.2, -0.15) is 0 Å². The maximum atomic E-state index is 12.3. The highest BCUT2D eigenvalue weighted by atomic mass is 16.6. The van der Waals surface area contributed by atoms with Gasteiger partial charge in [-0.1, -0.05) is 32.0 Å². The molecule has 27 heavy (non-hydrogen) atoms. The third-order valence-electron chi connectivity index (χ3n) is 4.32. The summed E-state index contributed by atoms with van der Waals surface area (Å²) in [6.07, 6.45) is 0.667. The minimum atomic E-state index is -0.306. The largest absolute Gasteiger partial charge is 0.449 e. The lowest BCUT2D eigenvalue weighted by Gasteiger charge is -2.34. The topological polar surface area (TPSA) is 79.0 Å². The van der Waals surface area contributed by atoms with Gasteiger partial charge in [0.15, 0.2) is 0 Å². The first-order valence-corrected chi connectivity index (χ1v) is 9.50. The van der Waals surface area contributed by atoms with Crippen LogP contribution in [0.3, 0.4) is 0 Å². The molecule has 0 bridgehead atoms.